The Morgan fingerprint density at radius 2 is 2.32 bits per heavy atom. The van der Waals surface area contributed by atoms with E-state index in [1.54, 1.807) is 22.6 Å². The Labute approximate surface area is 117 Å². The maximum atomic E-state index is 12.0. The molecule has 2 aromatic rings. The molecule has 1 amide bonds. The Bertz CT molecular complexity index is 539. The molecule has 0 spiro atoms. The van der Waals surface area contributed by atoms with Crippen molar-refractivity contribution in [3.63, 3.8) is 0 Å². The molecule has 1 heterocycles. The standard InChI is InChI=1S/C14H17N3OS/c1-11(17-8-4-7-15-17)9-14(18)16-12-5-3-6-13(10-12)19-2/h3-8,10-11H,9H2,1-2H3,(H,16,18). The number of nitrogens with one attached hydrogen (secondary N) is 1. The molecule has 0 saturated heterocycles. The Morgan fingerprint density at radius 3 is 3.00 bits per heavy atom. The van der Waals surface area contributed by atoms with E-state index in [2.05, 4.69) is 10.4 Å². The van der Waals surface area contributed by atoms with Gasteiger partial charge in [-0.1, -0.05) is 6.07 Å². The molecule has 0 radical (unpaired) electrons. The van der Waals surface area contributed by atoms with Gasteiger partial charge in [0.25, 0.3) is 0 Å². The molecule has 0 fully saturated rings. The summed E-state index contributed by atoms with van der Waals surface area (Å²) in [6.45, 7) is 1.98. The Morgan fingerprint density at radius 1 is 1.47 bits per heavy atom. The van der Waals surface area contributed by atoms with Gasteiger partial charge in [0.1, 0.15) is 0 Å². The minimum absolute atomic E-state index is 0.00116. The predicted molar refractivity (Wildman–Crippen MR) is 78.4 cm³/mol. The summed E-state index contributed by atoms with van der Waals surface area (Å²) in [4.78, 5) is 13.1. The van der Waals surface area contributed by atoms with Crippen molar-refractivity contribution >= 4 is 23.4 Å². The Kier molecular flexibility index (Phi) is 4.63. The summed E-state index contributed by atoms with van der Waals surface area (Å²) < 4.78 is 1.79. The van der Waals surface area contributed by atoms with Gasteiger partial charge in [0, 0.05) is 29.4 Å². The summed E-state index contributed by atoms with van der Waals surface area (Å²) in [7, 11) is 0. The van der Waals surface area contributed by atoms with Gasteiger partial charge < -0.3 is 5.32 Å². The van der Waals surface area contributed by atoms with E-state index in [0.717, 1.165) is 10.6 Å². The fourth-order valence-electron chi connectivity index (χ4n) is 1.82. The first kappa shape index (κ1) is 13.7. The van der Waals surface area contributed by atoms with Crippen LogP contribution in [0.1, 0.15) is 19.4 Å². The molecule has 2 rings (SSSR count). The van der Waals surface area contributed by atoms with Crippen LogP contribution in [0.15, 0.2) is 47.6 Å². The molecule has 1 unspecified atom stereocenters. The maximum Gasteiger partial charge on any atom is 0.226 e. The molecule has 0 aliphatic heterocycles. The first-order chi connectivity index (χ1) is 9.19. The van der Waals surface area contributed by atoms with E-state index in [-0.39, 0.29) is 11.9 Å². The van der Waals surface area contributed by atoms with Gasteiger partial charge in [0.05, 0.1) is 6.04 Å². The van der Waals surface area contributed by atoms with Crippen LogP contribution in [0.25, 0.3) is 0 Å². The molecule has 1 atom stereocenters. The van der Waals surface area contributed by atoms with Crippen molar-refractivity contribution in [3.05, 3.63) is 42.7 Å². The van der Waals surface area contributed by atoms with Crippen molar-refractivity contribution in [1.82, 2.24) is 9.78 Å². The molecule has 0 aliphatic carbocycles. The van der Waals surface area contributed by atoms with Crippen LogP contribution < -0.4 is 5.32 Å². The van der Waals surface area contributed by atoms with Crippen LogP contribution in [-0.2, 0) is 4.79 Å². The molecular weight excluding hydrogens is 258 g/mol. The molecule has 1 aromatic carbocycles. The third kappa shape index (κ3) is 3.86. The Hall–Kier alpha value is -1.75. The highest BCUT2D eigenvalue weighted by Gasteiger charge is 2.11. The van der Waals surface area contributed by atoms with Crippen LogP contribution >= 0.6 is 11.8 Å². The number of nitrogens with zero attached hydrogens (tertiary/aromatic N) is 2. The van der Waals surface area contributed by atoms with E-state index in [1.165, 1.54) is 0 Å². The molecule has 1 aromatic heterocycles. The summed E-state index contributed by atoms with van der Waals surface area (Å²) in [5, 5.41) is 7.05. The number of carbonyl (C=O) groups is 1. The number of hydrogen-bond acceptors (Lipinski definition) is 3. The fraction of sp³-hybridized carbons (Fsp3) is 0.286. The highest BCUT2D eigenvalue weighted by molar-refractivity contribution is 7.98. The first-order valence-corrected chi connectivity index (χ1v) is 7.34. The van der Waals surface area contributed by atoms with Gasteiger partial charge in [-0.2, -0.15) is 5.10 Å². The second kappa shape index (κ2) is 6.43. The SMILES string of the molecule is CSc1cccc(NC(=O)CC(C)n2cccn2)c1. The maximum absolute atomic E-state index is 12.0. The van der Waals surface area contributed by atoms with E-state index in [1.807, 2.05) is 49.7 Å². The number of anilines is 1. The average molecular weight is 275 g/mol. The average Bonchev–Trinajstić information content (AvgIpc) is 2.92. The lowest BCUT2D eigenvalue weighted by molar-refractivity contribution is -0.116. The second-order valence-corrected chi connectivity index (χ2v) is 5.20. The van der Waals surface area contributed by atoms with E-state index in [9.17, 15) is 4.79 Å². The first-order valence-electron chi connectivity index (χ1n) is 6.12. The highest BCUT2D eigenvalue weighted by Crippen LogP contribution is 2.19. The molecule has 0 saturated carbocycles. The lowest BCUT2D eigenvalue weighted by Crippen LogP contribution is -2.17. The number of amides is 1. The smallest absolute Gasteiger partial charge is 0.226 e. The van der Waals surface area contributed by atoms with Crippen molar-refractivity contribution in [2.45, 2.75) is 24.3 Å². The Balaban J connectivity index is 1.93. The zero-order valence-electron chi connectivity index (χ0n) is 11.0. The van der Waals surface area contributed by atoms with E-state index in [0.29, 0.717) is 6.42 Å². The number of carbonyl (C=O) groups excluding carboxylic acids is 1. The van der Waals surface area contributed by atoms with Crippen molar-refractivity contribution < 1.29 is 4.79 Å². The molecule has 0 bridgehead atoms. The van der Waals surface area contributed by atoms with Gasteiger partial charge in [0.2, 0.25) is 5.91 Å². The largest absolute Gasteiger partial charge is 0.326 e. The van der Waals surface area contributed by atoms with Gasteiger partial charge >= 0.3 is 0 Å². The van der Waals surface area contributed by atoms with Crippen LogP contribution in [0.5, 0.6) is 0 Å². The van der Waals surface area contributed by atoms with Gasteiger partial charge in [-0.15, -0.1) is 11.8 Å². The van der Waals surface area contributed by atoms with Crippen molar-refractivity contribution in [2.75, 3.05) is 11.6 Å². The molecule has 1 N–H and O–H groups in total. The number of aromatic nitrogens is 2. The molecule has 100 valence electrons. The summed E-state index contributed by atoms with van der Waals surface area (Å²) >= 11 is 1.66. The van der Waals surface area contributed by atoms with Gasteiger partial charge in [-0.3, -0.25) is 9.48 Å². The van der Waals surface area contributed by atoms with Crippen molar-refractivity contribution in [3.8, 4) is 0 Å². The van der Waals surface area contributed by atoms with Crippen LogP contribution in [-0.4, -0.2) is 21.9 Å². The molecule has 19 heavy (non-hydrogen) atoms. The number of rotatable bonds is 5. The molecule has 4 nitrogen and oxygen atoms in total. The highest BCUT2D eigenvalue weighted by atomic mass is 32.2. The topological polar surface area (TPSA) is 46.9 Å². The summed E-state index contributed by atoms with van der Waals surface area (Å²) in [6.07, 6.45) is 6.01. The van der Waals surface area contributed by atoms with Crippen LogP contribution in [0.2, 0.25) is 0 Å². The summed E-state index contributed by atoms with van der Waals surface area (Å²) in [5.74, 6) is 0.00116. The number of thioether (sulfide) groups is 1. The second-order valence-electron chi connectivity index (χ2n) is 4.32. The quantitative estimate of drug-likeness (QED) is 0.852. The van der Waals surface area contributed by atoms with E-state index < -0.39 is 0 Å². The molecule has 0 aliphatic rings. The van der Waals surface area contributed by atoms with Gasteiger partial charge in [-0.25, -0.2) is 0 Å². The zero-order chi connectivity index (χ0) is 13.7. The van der Waals surface area contributed by atoms with Crippen molar-refractivity contribution in [1.29, 1.82) is 0 Å². The lowest BCUT2D eigenvalue weighted by Gasteiger charge is -2.12. The number of hydrogen-bond donors (Lipinski definition) is 1. The predicted octanol–water partition coefficient (Wildman–Crippen LogP) is 3.19. The normalized spacial score (nSPS) is 12.1. The molecular formula is C14H17N3OS. The zero-order valence-corrected chi connectivity index (χ0v) is 11.9. The third-order valence-electron chi connectivity index (χ3n) is 2.81. The van der Waals surface area contributed by atoms with Crippen LogP contribution in [0.3, 0.4) is 0 Å². The van der Waals surface area contributed by atoms with Crippen molar-refractivity contribution in [2.24, 2.45) is 0 Å². The summed E-state index contributed by atoms with van der Waals surface area (Å²) in [5.41, 5.74) is 0.838. The molecule has 5 heteroatoms. The van der Waals surface area contributed by atoms with E-state index in [4.69, 9.17) is 0 Å². The lowest BCUT2D eigenvalue weighted by atomic mass is 10.2. The number of benzene rings is 1. The monoisotopic (exact) mass is 275 g/mol. The van der Waals surface area contributed by atoms with Crippen LogP contribution in [0, 0.1) is 0 Å². The third-order valence-corrected chi connectivity index (χ3v) is 3.54. The fourth-order valence-corrected chi connectivity index (χ4v) is 2.28. The van der Waals surface area contributed by atoms with E-state index >= 15 is 0 Å². The van der Waals surface area contributed by atoms with Gasteiger partial charge in [0.15, 0.2) is 0 Å². The minimum atomic E-state index is 0.00116. The van der Waals surface area contributed by atoms with Gasteiger partial charge in [-0.05, 0) is 37.4 Å². The summed E-state index contributed by atoms with van der Waals surface area (Å²) in [6, 6.07) is 9.75. The van der Waals surface area contributed by atoms with Crippen LogP contribution in [0.4, 0.5) is 5.69 Å². The minimum Gasteiger partial charge on any atom is -0.326 e.